The Labute approximate surface area is 141 Å². The summed E-state index contributed by atoms with van der Waals surface area (Å²) in [7, 11) is -1.13. The molecule has 2 rings (SSSR count). The fourth-order valence-electron chi connectivity index (χ4n) is 2.23. The number of amides is 1. The first-order valence-corrected chi connectivity index (χ1v) is 8.81. The zero-order chi connectivity index (χ0) is 17.7. The zero-order valence-corrected chi connectivity index (χ0v) is 13.8. The second kappa shape index (κ2) is 7.69. The van der Waals surface area contributed by atoms with Gasteiger partial charge >= 0.3 is 0 Å². The molecule has 24 heavy (non-hydrogen) atoms. The van der Waals surface area contributed by atoms with Gasteiger partial charge in [0, 0.05) is 34.4 Å². The van der Waals surface area contributed by atoms with Gasteiger partial charge in [-0.1, -0.05) is 30.3 Å². The summed E-state index contributed by atoms with van der Waals surface area (Å²) in [4.78, 5) is 22.7. The fourth-order valence-corrected chi connectivity index (χ4v) is 2.97. The highest BCUT2D eigenvalue weighted by molar-refractivity contribution is 7.84. The van der Waals surface area contributed by atoms with E-state index >= 15 is 0 Å². The molecule has 0 aliphatic heterocycles. The van der Waals surface area contributed by atoms with Gasteiger partial charge < -0.3 is 11.1 Å². The first-order chi connectivity index (χ1) is 11.4. The van der Waals surface area contributed by atoms with Crippen LogP contribution in [0.1, 0.15) is 22.0 Å². The van der Waals surface area contributed by atoms with E-state index in [1.165, 1.54) is 12.1 Å². The van der Waals surface area contributed by atoms with Crippen molar-refractivity contribution in [3.63, 3.8) is 0 Å². The Morgan fingerprint density at radius 2 is 1.96 bits per heavy atom. The Morgan fingerprint density at radius 1 is 1.29 bits per heavy atom. The normalized spacial score (nSPS) is 13.0. The van der Waals surface area contributed by atoms with Gasteiger partial charge in [-0.15, -0.1) is 0 Å². The van der Waals surface area contributed by atoms with E-state index in [0.29, 0.717) is 0 Å². The number of nitrogen functional groups attached to an aromatic ring is 1. The summed E-state index contributed by atoms with van der Waals surface area (Å²) in [6.45, 7) is 0. The standard InChI is InChI=1S/C16H17N3O4S/c1-24(23)10-14(11-5-3-2-4-6-11)18-16(20)12-7-8-13(17)15(9-12)19(21)22/h2-9,14H,10,17H2,1H3,(H,18,20)/t14-,24+/m1/s1. The maximum absolute atomic E-state index is 12.4. The number of nitro benzene ring substituents is 1. The molecule has 1 amide bonds. The number of nitrogens with one attached hydrogen (secondary N) is 1. The summed E-state index contributed by atoms with van der Waals surface area (Å²) in [6.07, 6.45) is 1.55. The van der Waals surface area contributed by atoms with Gasteiger partial charge in [0.25, 0.3) is 11.6 Å². The van der Waals surface area contributed by atoms with Crippen molar-refractivity contribution in [2.24, 2.45) is 0 Å². The largest absolute Gasteiger partial charge is 0.393 e. The van der Waals surface area contributed by atoms with E-state index in [9.17, 15) is 19.1 Å². The van der Waals surface area contributed by atoms with Crippen molar-refractivity contribution in [3.8, 4) is 0 Å². The molecule has 0 aliphatic rings. The minimum Gasteiger partial charge on any atom is -0.393 e. The predicted molar refractivity (Wildman–Crippen MR) is 93.1 cm³/mol. The molecule has 0 spiro atoms. The van der Waals surface area contributed by atoms with Crippen molar-refractivity contribution >= 4 is 28.1 Å². The fraction of sp³-hybridized carbons (Fsp3) is 0.188. The number of hydrogen-bond donors (Lipinski definition) is 2. The third kappa shape index (κ3) is 4.39. The molecule has 2 aromatic rings. The van der Waals surface area contributed by atoms with Crippen molar-refractivity contribution < 1.29 is 13.9 Å². The molecule has 2 aromatic carbocycles. The number of carbonyl (C=O) groups excluding carboxylic acids is 1. The van der Waals surface area contributed by atoms with Gasteiger partial charge in [0.05, 0.1) is 11.0 Å². The molecule has 0 heterocycles. The molecule has 2 atom stereocenters. The monoisotopic (exact) mass is 347 g/mol. The Hall–Kier alpha value is -2.74. The van der Waals surface area contributed by atoms with Crippen LogP contribution in [0.2, 0.25) is 0 Å². The van der Waals surface area contributed by atoms with Crippen molar-refractivity contribution in [2.75, 3.05) is 17.7 Å². The average Bonchev–Trinajstić information content (AvgIpc) is 2.54. The van der Waals surface area contributed by atoms with Crippen LogP contribution in [0.5, 0.6) is 0 Å². The Bertz CT molecular complexity index is 780. The highest BCUT2D eigenvalue weighted by Gasteiger charge is 2.20. The minimum absolute atomic E-state index is 0.00850. The Balaban J connectivity index is 2.26. The predicted octanol–water partition coefficient (Wildman–Crippen LogP) is 2.03. The van der Waals surface area contributed by atoms with Crippen molar-refractivity contribution in [1.29, 1.82) is 0 Å². The molecule has 126 valence electrons. The molecule has 0 bridgehead atoms. The molecule has 7 nitrogen and oxygen atoms in total. The number of carbonyl (C=O) groups is 1. The number of rotatable bonds is 6. The molecule has 0 unspecified atom stereocenters. The first-order valence-electron chi connectivity index (χ1n) is 7.08. The van der Waals surface area contributed by atoms with E-state index in [1.807, 2.05) is 30.3 Å². The summed E-state index contributed by atoms with van der Waals surface area (Å²) >= 11 is 0. The van der Waals surface area contributed by atoms with Crippen molar-refractivity contribution in [2.45, 2.75) is 6.04 Å². The summed E-state index contributed by atoms with van der Waals surface area (Å²) in [5, 5.41) is 13.7. The molecule has 0 saturated carbocycles. The van der Waals surface area contributed by atoms with Crippen LogP contribution < -0.4 is 11.1 Å². The minimum atomic E-state index is -1.13. The second-order valence-electron chi connectivity index (χ2n) is 5.21. The summed E-state index contributed by atoms with van der Waals surface area (Å²) < 4.78 is 11.6. The van der Waals surface area contributed by atoms with Gasteiger partial charge in [-0.3, -0.25) is 19.1 Å². The van der Waals surface area contributed by atoms with Crippen LogP contribution in [-0.4, -0.2) is 27.0 Å². The van der Waals surface area contributed by atoms with Gasteiger partial charge in [0.1, 0.15) is 5.69 Å². The van der Waals surface area contributed by atoms with Crippen LogP contribution in [0.15, 0.2) is 48.5 Å². The molecule has 0 radical (unpaired) electrons. The van der Waals surface area contributed by atoms with E-state index in [2.05, 4.69) is 5.32 Å². The molecule has 0 fully saturated rings. The van der Waals surface area contributed by atoms with E-state index in [0.717, 1.165) is 11.6 Å². The molecule has 0 aliphatic carbocycles. The van der Waals surface area contributed by atoms with Crippen molar-refractivity contribution in [3.05, 3.63) is 69.8 Å². The van der Waals surface area contributed by atoms with E-state index in [-0.39, 0.29) is 22.7 Å². The highest BCUT2D eigenvalue weighted by atomic mass is 32.2. The van der Waals surface area contributed by atoms with Crippen LogP contribution in [0.4, 0.5) is 11.4 Å². The highest BCUT2D eigenvalue weighted by Crippen LogP contribution is 2.23. The number of anilines is 1. The molecular formula is C16H17N3O4S. The molecule has 8 heteroatoms. The lowest BCUT2D eigenvalue weighted by Gasteiger charge is -2.18. The molecular weight excluding hydrogens is 330 g/mol. The lowest BCUT2D eigenvalue weighted by molar-refractivity contribution is -0.383. The second-order valence-corrected chi connectivity index (χ2v) is 6.69. The third-order valence-electron chi connectivity index (χ3n) is 3.40. The van der Waals surface area contributed by atoms with Gasteiger partial charge in [-0.2, -0.15) is 0 Å². The summed E-state index contributed by atoms with van der Waals surface area (Å²) in [5.74, 6) is -0.246. The van der Waals surface area contributed by atoms with E-state index < -0.39 is 27.7 Å². The van der Waals surface area contributed by atoms with Gasteiger partial charge in [-0.25, -0.2) is 0 Å². The number of hydrogen-bond acceptors (Lipinski definition) is 5. The number of nitrogens with zero attached hydrogens (tertiary/aromatic N) is 1. The van der Waals surface area contributed by atoms with Crippen LogP contribution in [0, 0.1) is 10.1 Å². The van der Waals surface area contributed by atoms with Crippen LogP contribution in [0.3, 0.4) is 0 Å². The Morgan fingerprint density at radius 3 is 2.54 bits per heavy atom. The average molecular weight is 347 g/mol. The third-order valence-corrected chi connectivity index (χ3v) is 4.20. The topological polar surface area (TPSA) is 115 Å². The number of nitrogens with two attached hydrogens (primary N) is 1. The van der Waals surface area contributed by atoms with Gasteiger partial charge in [0.2, 0.25) is 0 Å². The lowest BCUT2D eigenvalue weighted by Crippen LogP contribution is -2.32. The van der Waals surface area contributed by atoms with E-state index in [4.69, 9.17) is 5.73 Å². The van der Waals surface area contributed by atoms with Crippen LogP contribution >= 0.6 is 0 Å². The zero-order valence-electron chi connectivity index (χ0n) is 13.0. The van der Waals surface area contributed by atoms with Crippen LogP contribution in [-0.2, 0) is 10.8 Å². The van der Waals surface area contributed by atoms with Gasteiger partial charge in [0.15, 0.2) is 0 Å². The molecule has 0 saturated heterocycles. The first kappa shape index (κ1) is 17.6. The van der Waals surface area contributed by atoms with Crippen LogP contribution in [0.25, 0.3) is 0 Å². The lowest BCUT2D eigenvalue weighted by atomic mass is 10.1. The summed E-state index contributed by atoms with van der Waals surface area (Å²) in [5.41, 5.74) is 6.14. The van der Waals surface area contributed by atoms with Crippen molar-refractivity contribution in [1.82, 2.24) is 5.32 Å². The Kier molecular flexibility index (Phi) is 5.64. The number of benzene rings is 2. The van der Waals surface area contributed by atoms with E-state index in [1.54, 1.807) is 6.26 Å². The maximum atomic E-state index is 12.4. The van der Waals surface area contributed by atoms with Gasteiger partial charge in [-0.05, 0) is 17.7 Å². The SMILES string of the molecule is C[S@](=O)C[C@@H](NC(=O)c1ccc(N)c([N+](=O)[O-])c1)c1ccccc1. The smallest absolute Gasteiger partial charge is 0.292 e. The quantitative estimate of drug-likeness (QED) is 0.471. The molecule has 3 N–H and O–H groups in total. The molecule has 0 aromatic heterocycles. The number of nitro groups is 1. The maximum Gasteiger partial charge on any atom is 0.292 e. The summed E-state index contributed by atoms with van der Waals surface area (Å²) in [6, 6.07) is 12.5.